The molecule has 220 valence electrons. The molecule has 0 fully saturated rings. The highest BCUT2D eigenvalue weighted by molar-refractivity contribution is 6.06. The Bertz CT molecular complexity index is 2550. The van der Waals surface area contributed by atoms with Crippen LogP contribution in [0.25, 0.3) is 89.1 Å². The minimum Gasteiger partial charge on any atom is -0.456 e. The summed E-state index contributed by atoms with van der Waals surface area (Å²) in [7, 11) is 0. The Morgan fingerprint density at radius 1 is 0.319 bits per heavy atom. The first kappa shape index (κ1) is 27.0. The normalized spacial score (nSPS) is 11.4. The molecule has 2 heterocycles. The van der Waals surface area contributed by atoms with Gasteiger partial charge in [0.05, 0.1) is 0 Å². The fourth-order valence-electron chi connectivity index (χ4n) is 6.36. The SMILES string of the molecule is c1ccc(-c2ccc3c(-c4ccc(-c5nc(-c6ccccc6)nc(-c6ccc7oc8ccccc8c7c6)n5)cc4)cccc3c2)cc1. The van der Waals surface area contributed by atoms with Gasteiger partial charge >= 0.3 is 0 Å². The van der Waals surface area contributed by atoms with Gasteiger partial charge < -0.3 is 4.42 Å². The van der Waals surface area contributed by atoms with Crippen molar-refractivity contribution in [1.29, 1.82) is 0 Å². The van der Waals surface area contributed by atoms with E-state index in [1.54, 1.807) is 0 Å². The Balaban J connectivity index is 1.12. The Kier molecular flexibility index (Phi) is 6.43. The van der Waals surface area contributed by atoms with Crippen molar-refractivity contribution >= 4 is 32.7 Å². The summed E-state index contributed by atoms with van der Waals surface area (Å²) < 4.78 is 6.08. The van der Waals surface area contributed by atoms with Crippen LogP contribution in [0, 0.1) is 0 Å². The second-order valence-electron chi connectivity index (χ2n) is 11.7. The van der Waals surface area contributed by atoms with Crippen molar-refractivity contribution < 1.29 is 4.42 Å². The van der Waals surface area contributed by atoms with Gasteiger partial charge in [0, 0.05) is 27.5 Å². The average Bonchev–Trinajstić information content (AvgIpc) is 3.53. The number of aromatic nitrogens is 3. The molecule has 0 aliphatic heterocycles. The summed E-state index contributed by atoms with van der Waals surface area (Å²) in [5.41, 5.74) is 9.24. The van der Waals surface area contributed by atoms with Gasteiger partial charge in [0.15, 0.2) is 17.5 Å². The molecule has 0 saturated heterocycles. The Labute approximate surface area is 271 Å². The van der Waals surface area contributed by atoms with Crippen LogP contribution in [0.3, 0.4) is 0 Å². The summed E-state index contributed by atoms with van der Waals surface area (Å²) >= 11 is 0. The molecule has 7 aromatic carbocycles. The van der Waals surface area contributed by atoms with E-state index in [0.717, 1.165) is 44.2 Å². The minimum absolute atomic E-state index is 0.619. The largest absolute Gasteiger partial charge is 0.456 e. The summed E-state index contributed by atoms with van der Waals surface area (Å²) in [6, 6.07) is 56.5. The molecule has 0 spiro atoms. The molecule has 0 unspecified atom stereocenters. The minimum atomic E-state index is 0.619. The smallest absolute Gasteiger partial charge is 0.164 e. The predicted molar refractivity (Wildman–Crippen MR) is 192 cm³/mol. The predicted octanol–water partition coefficient (Wildman–Crippen LogP) is 11.3. The quantitative estimate of drug-likeness (QED) is 0.197. The Morgan fingerprint density at radius 3 is 1.66 bits per heavy atom. The lowest BCUT2D eigenvalue weighted by atomic mass is 9.95. The van der Waals surface area contributed by atoms with Crippen LogP contribution in [0.1, 0.15) is 0 Å². The average molecular weight is 602 g/mol. The molecule has 9 aromatic rings. The molecule has 0 aliphatic carbocycles. The van der Waals surface area contributed by atoms with Crippen LogP contribution in [0.5, 0.6) is 0 Å². The van der Waals surface area contributed by atoms with Gasteiger partial charge in [-0.05, 0) is 63.4 Å². The maximum absolute atomic E-state index is 6.08. The van der Waals surface area contributed by atoms with Crippen LogP contribution < -0.4 is 0 Å². The molecule has 47 heavy (non-hydrogen) atoms. The molecule has 0 amide bonds. The maximum atomic E-state index is 6.08. The summed E-state index contributed by atoms with van der Waals surface area (Å²) in [6.45, 7) is 0. The number of hydrogen-bond donors (Lipinski definition) is 0. The van der Waals surface area contributed by atoms with E-state index in [-0.39, 0.29) is 0 Å². The van der Waals surface area contributed by atoms with Crippen LogP contribution >= 0.6 is 0 Å². The first-order valence-corrected chi connectivity index (χ1v) is 15.7. The highest BCUT2D eigenvalue weighted by atomic mass is 16.3. The zero-order chi connectivity index (χ0) is 31.2. The molecule has 0 atom stereocenters. The molecule has 0 radical (unpaired) electrons. The highest BCUT2D eigenvalue weighted by Gasteiger charge is 2.15. The lowest BCUT2D eigenvalue weighted by Gasteiger charge is -2.11. The number of rotatable bonds is 5. The molecular formula is C43H27N3O. The van der Waals surface area contributed by atoms with Gasteiger partial charge in [-0.25, -0.2) is 15.0 Å². The van der Waals surface area contributed by atoms with Gasteiger partial charge in [0.25, 0.3) is 0 Å². The number of hydrogen-bond acceptors (Lipinski definition) is 4. The molecule has 0 aliphatic rings. The molecule has 0 N–H and O–H groups in total. The lowest BCUT2D eigenvalue weighted by molar-refractivity contribution is 0.669. The van der Waals surface area contributed by atoms with Crippen LogP contribution in [0.15, 0.2) is 168 Å². The van der Waals surface area contributed by atoms with Crippen LogP contribution in [0.2, 0.25) is 0 Å². The van der Waals surface area contributed by atoms with Crippen molar-refractivity contribution in [3.05, 3.63) is 164 Å². The molecule has 9 rings (SSSR count). The third-order valence-electron chi connectivity index (χ3n) is 8.74. The summed E-state index contributed by atoms with van der Waals surface area (Å²) in [4.78, 5) is 14.9. The molecule has 4 nitrogen and oxygen atoms in total. The van der Waals surface area contributed by atoms with Crippen molar-refractivity contribution in [1.82, 2.24) is 15.0 Å². The van der Waals surface area contributed by atoms with E-state index < -0.39 is 0 Å². The first-order chi connectivity index (χ1) is 23.3. The summed E-state index contributed by atoms with van der Waals surface area (Å²) in [5.74, 6) is 1.88. The van der Waals surface area contributed by atoms with Gasteiger partial charge in [0.2, 0.25) is 0 Å². The summed E-state index contributed by atoms with van der Waals surface area (Å²) in [6.07, 6.45) is 0. The molecular weight excluding hydrogens is 574 g/mol. The van der Waals surface area contributed by atoms with E-state index in [2.05, 4.69) is 97.1 Å². The third kappa shape index (κ3) is 4.93. The van der Waals surface area contributed by atoms with Crippen molar-refractivity contribution in [2.75, 3.05) is 0 Å². The monoisotopic (exact) mass is 601 g/mol. The van der Waals surface area contributed by atoms with E-state index in [4.69, 9.17) is 19.4 Å². The Hall–Kier alpha value is -6.39. The van der Waals surface area contributed by atoms with E-state index in [0.29, 0.717) is 17.5 Å². The summed E-state index contributed by atoms with van der Waals surface area (Å²) in [5, 5.41) is 4.54. The number of nitrogens with zero attached hydrogens (tertiary/aromatic N) is 3. The molecule has 0 saturated carbocycles. The highest BCUT2D eigenvalue weighted by Crippen LogP contribution is 2.35. The number of benzene rings is 7. The standard InChI is InChI=1S/C43H27N3O/c1-3-10-28(11-4-1)32-22-24-36-33(26-32)14-9-16-35(36)29-18-20-31(21-19-29)42-44-41(30-12-5-2-6-13-30)45-43(46-42)34-23-25-40-38(27-34)37-15-7-8-17-39(37)47-40/h1-27H. The maximum Gasteiger partial charge on any atom is 0.164 e. The van der Waals surface area contributed by atoms with Gasteiger partial charge in [-0.3, -0.25) is 0 Å². The van der Waals surface area contributed by atoms with Crippen molar-refractivity contribution in [3.8, 4) is 56.4 Å². The second kappa shape index (κ2) is 11.2. The zero-order valence-electron chi connectivity index (χ0n) is 25.3. The van der Waals surface area contributed by atoms with E-state index in [1.807, 2.05) is 66.7 Å². The van der Waals surface area contributed by atoms with E-state index in [9.17, 15) is 0 Å². The Morgan fingerprint density at radius 2 is 0.894 bits per heavy atom. The molecule has 0 bridgehead atoms. The van der Waals surface area contributed by atoms with Gasteiger partial charge in [-0.15, -0.1) is 0 Å². The lowest BCUT2D eigenvalue weighted by Crippen LogP contribution is -2.00. The van der Waals surface area contributed by atoms with Crippen molar-refractivity contribution in [3.63, 3.8) is 0 Å². The van der Waals surface area contributed by atoms with E-state index >= 15 is 0 Å². The van der Waals surface area contributed by atoms with Gasteiger partial charge in [-0.2, -0.15) is 0 Å². The first-order valence-electron chi connectivity index (χ1n) is 15.7. The molecule has 2 aromatic heterocycles. The number of fused-ring (bicyclic) bond motifs is 4. The van der Waals surface area contributed by atoms with Crippen molar-refractivity contribution in [2.45, 2.75) is 0 Å². The fourth-order valence-corrected chi connectivity index (χ4v) is 6.36. The van der Waals surface area contributed by atoms with Crippen LogP contribution in [-0.2, 0) is 0 Å². The number of para-hydroxylation sites is 1. The van der Waals surface area contributed by atoms with E-state index in [1.165, 1.54) is 27.5 Å². The van der Waals surface area contributed by atoms with Crippen molar-refractivity contribution in [2.24, 2.45) is 0 Å². The molecule has 4 heteroatoms. The number of furan rings is 1. The third-order valence-corrected chi connectivity index (χ3v) is 8.74. The van der Waals surface area contributed by atoms with Crippen LogP contribution in [0.4, 0.5) is 0 Å². The zero-order valence-corrected chi connectivity index (χ0v) is 25.3. The van der Waals surface area contributed by atoms with Crippen LogP contribution in [-0.4, -0.2) is 15.0 Å². The topological polar surface area (TPSA) is 51.8 Å². The van der Waals surface area contributed by atoms with Gasteiger partial charge in [0.1, 0.15) is 11.2 Å². The fraction of sp³-hybridized carbons (Fsp3) is 0. The van der Waals surface area contributed by atoms with Gasteiger partial charge in [-0.1, -0.05) is 133 Å². The second-order valence-corrected chi connectivity index (χ2v) is 11.7.